The van der Waals surface area contributed by atoms with Gasteiger partial charge < -0.3 is 10.1 Å². The number of thiophene rings is 1. The predicted octanol–water partition coefficient (Wildman–Crippen LogP) is 3.62. The van der Waals surface area contributed by atoms with Crippen molar-refractivity contribution in [3.05, 3.63) is 53.5 Å². The lowest BCUT2D eigenvalue weighted by atomic mass is 10.2. The first-order valence-corrected chi connectivity index (χ1v) is 12.0. The van der Waals surface area contributed by atoms with Gasteiger partial charge in [0.25, 0.3) is 5.91 Å². The minimum atomic E-state index is -3.08. The molecular formula is C20H21N3O4S2. The number of sulfone groups is 1. The first-order chi connectivity index (χ1) is 14.0. The van der Waals surface area contributed by atoms with Gasteiger partial charge in [0, 0.05) is 0 Å². The summed E-state index contributed by atoms with van der Waals surface area (Å²) >= 11 is 1.52. The fourth-order valence-corrected chi connectivity index (χ4v) is 5.82. The standard InChI is InChI=1S/C20H21N3O4S2/c1-2-27-18-7-4-3-6-15(18)21-20(24)16-12-17(19-8-5-10-28-19)23(22-16)14-9-11-29(25,26)13-14/h3-8,10,12,14H,2,9,11,13H2,1H3,(H,21,24). The van der Waals surface area contributed by atoms with Crippen LogP contribution in [-0.2, 0) is 9.84 Å². The van der Waals surface area contributed by atoms with Crippen molar-refractivity contribution in [1.82, 2.24) is 9.78 Å². The molecule has 0 saturated carbocycles. The Morgan fingerprint density at radius 3 is 2.83 bits per heavy atom. The zero-order chi connectivity index (χ0) is 20.4. The van der Waals surface area contributed by atoms with Crippen LogP contribution < -0.4 is 10.1 Å². The molecule has 1 fully saturated rings. The Morgan fingerprint density at radius 1 is 1.31 bits per heavy atom. The van der Waals surface area contributed by atoms with Crippen LogP contribution >= 0.6 is 11.3 Å². The van der Waals surface area contributed by atoms with E-state index in [1.165, 1.54) is 11.3 Å². The molecule has 7 nitrogen and oxygen atoms in total. The average Bonchev–Trinajstić information content (AvgIpc) is 3.42. The summed E-state index contributed by atoms with van der Waals surface area (Å²) < 4.78 is 31.2. The van der Waals surface area contributed by atoms with Crippen molar-refractivity contribution in [3.8, 4) is 16.3 Å². The third kappa shape index (κ3) is 4.20. The zero-order valence-electron chi connectivity index (χ0n) is 15.9. The van der Waals surface area contributed by atoms with Crippen LogP contribution in [0.3, 0.4) is 0 Å². The van der Waals surface area contributed by atoms with Crippen LogP contribution in [0.1, 0.15) is 29.9 Å². The Kier molecular flexibility index (Phi) is 5.42. The van der Waals surface area contributed by atoms with Crippen LogP contribution in [0.4, 0.5) is 5.69 Å². The van der Waals surface area contributed by atoms with Crippen molar-refractivity contribution < 1.29 is 17.9 Å². The molecule has 1 atom stereocenters. The molecule has 1 unspecified atom stereocenters. The Balaban J connectivity index is 1.66. The van der Waals surface area contributed by atoms with E-state index in [1.807, 2.05) is 36.6 Å². The second kappa shape index (κ2) is 8.00. The average molecular weight is 432 g/mol. The normalized spacial score (nSPS) is 17.9. The fourth-order valence-electron chi connectivity index (χ4n) is 3.40. The molecule has 1 saturated heterocycles. The van der Waals surface area contributed by atoms with Crippen molar-refractivity contribution in [1.29, 1.82) is 0 Å². The molecular weight excluding hydrogens is 410 g/mol. The lowest BCUT2D eigenvalue weighted by Crippen LogP contribution is -2.17. The number of carbonyl (C=O) groups excluding carboxylic acids is 1. The quantitative estimate of drug-likeness (QED) is 0.644. The Hall–Kier alpha value is -2.65. The first kappa shape index (κ1) is 19.7. The lowest BCUT2D eigenvalue weighted by Gasteiger charge is -2.12. The fraction of sp³-hybridized carbons (Fsp3) is 0.300. The minimum Gasteiger partial charge on any atom is -0.492 e. The molecule has 4 rings (SSSR count). The summed E-state index contributed by atoms with van der Waals surface area (Å²) in [7, 11) is -3.08. The van der Waals surface area contributed by atoms with Crippen molar-refractivity contribution in [3.63, 3.8) is 0 Å². The van der Waals surface area contributed by atoms with Gasteiger partial charge in [-0.1, -0.05) is 18.2 Å². The second-order valence-corrected chi connectivity index (χ2v) is 9.95. The number of ether oxygens (including phenoxy) is 1. The number of nitrogens with one attached hydrogen (secondary N) is 1. The lowest BCUT2D eigenvalue weighted by molar-refractivity contribution is 0.102. The van der Waals surface area contributed by atoms with Crippen LogP contribution in [0.5, 0.6) is 5.75 Å². The topological polar surface area (TPSA) is 90.3 Å². The molecule has 1 aliphatic heterocycles. The largest absolute Gasteiger partial charge is 0.492 e. The molecule has 1 amide bonds. The van der Waals surface area contributed by atoms with Crippen molar-refractivity contribution >= 4 is 32.8 Å². The molecule has 0 spiro atoms. The number of hydrogen-bond acceptors (Lipinski definition) is 6. The van der Waals surface area contributed by atoms with E-state index in [0.717, 1.165) is 10.6 Å². The number of hydrogen-bond donors (Lipinski definition) is 1. The monoisotopic (exact) mass is 431 g/mol. The van der Waals surface area contributed by atoms with E-state index in [2.05, 4.69) is 10.4 Å². The van der Waals surface area contributed by atoms with Gasteiger partial charge in [0.05, 0.1) is 40.4 Å². The molecule has 1 aliphatic rings. The zero-order valence-corrected chi connectivity index (χ0v) is 17.5. The molecule has 2 aromatic heterocycles. The molecule has 3 aromatic rings. The van der Waals surface area contributed by atoms with Gasteiger partial charge >= 0.3 is 0 Å². The van der Waals surface area contributed by atoms with Crippen LogP contribution in [0.15, 0.2) is 47.8 Å². The number of carbonyl (C=O) groups is 1. The van der Waals surface area contributed by atoms with Crippen LogP contribution in [-0.4, -0.2) is 42.2 Å². The highest BCUT2D eigenvalue weighted by molar-refractivity contribution is 7.91. The SMILES string of the molecule is CCOc1ccccc1NC(=O)c1cc(-c2cccs2)n(C2CCS(=O)(=O)C2)n1. The van der Waals surface area contributed by atoms with Crippen molar-refractivity contribution in [2.45, 2.75) is 19.4 Å². The highest BCUT2D eigenvalue weighted by Gasteiger charge is 2.32. The van der Waals surface area contributed by atoms with Crippen molar-refractivity contribution in [2.75, 3.05) is 23.4 Å². The number of rotatable bonds is 6. The van der Waals surface area contributed by atoms with E-state index in [9.17, 15) is 13.2 Å². The van der Waals surface area contributed by atoms with Gasteiger partial charge in [-0.25, -0.2) is 8.42 Å². The molecule has 9 heteroatoms. The van der Waals surface area contributed by atoms with Crippen LogP contribution in [0.2, 0.25) is 0 Å². The summed E-state index contributed by atoms with van der Waals surface area (Å²) in [6.45, 7) is 2.36. The second-order valence-electron chi connectivity index (χ2n) is 6.78. The summed E-state index contributed by atoms with van der Waals surface area (Å²) in [5.41, 5.74) is 1.56. The summed E-state index contributed by atoms with van der Waals surface area (Å²) in [5.74, 6) is 0.407. The molecule has 0 aliphatic carbocycles. The number of anilines is 1. The third-order valence-electron chi connectivity index (χ3n) is 4.73. The van der Waals surface area contributed by atoms with E-state index < -0.39 is 9.84 Å². The van der Waals surface area contributed by atoms with Crippen molar-refractivity contribution in [2.24, 2.45) is 0 Å². The smallest absolute Gasteiger partial charge is 0.276 e. The van der Waals surface area contributed by atoms with E-state index >= 15 is 0 Å². The van der Waals surface area contributed by atoms with Gasteiger partial charge in [-0.2, -0.15) is 5.10 Å². The molecule has 1 N–H and O–H groups in total. The Bertz CT molecular complexity index is 1120. The number of benzene rings is 1. The van der Waals surface area contributed by atoms with Gasteiger partial charge in [0.2, 0.25) is 0 Å². The van der Waals surface area contributed by atoms with Gasteiger partial charge in [0.1, 0.15) is 5.75 Å². The minimum absolute atomic E-state index is 0.0429. The number of para-hydroxylation sites is 2. The summed E-state index contributed by atoms with van der Waals surface area (Å²) in [6.07, 6.45) is 0.497. The van der Waals surface area contributed by atoms with E-state index in [-0.39, 0.29) is 29.1 Å². The van der Waals surface area contributed by atoms with E-state index in [1.54, 1.807) is 22.9 Å². The summed E-state index contributed by atoms with van der Waals surface area (Å²) in [6, 6.07) is 12.5. The van der Waals surface area contributed by atoms with Crippen LogP contribution in [0, 0.1) is 0 Å². The molecule has 0 bridgehead atoms. The van der Waals surface area contributed by atoms with Gasteiger partial charge in [-0.3, -0.25) is 9.48 Å². The Morgan fingerprint density at radius 2 is 2.14 bits per heavy atom. The highest BCUT2D eigenvalue weighted by Crippen LogP contribution is 2.32. The van der Waals surface area contributed by atoms with Gasteiger partial charge in [-0.05, 0) is 43.0 Å². The number of nitrogens with zero attached hydrogens (tertiary/aromatic N) is 2. The van der Waals surface area contributed by atoms with E-state index in [4.69, 9.17) is 4.74 Å². The van der Waals surface area contributed by atoms with Crippen LogP contribution in [0.25, 0.3) is 10.6 Å². The third-order valence-corrected chi connectivity index (χ3v) is 7.37. The summed E-state index contributed by atoms with van der Waals surface area (Å²) in [5, 5.41) is 9.28. The highest BCUT2D eigenvalue weighted by atomic mass is 32.2. The first-order valence-electron chi connectivity index (χ1n) is 9.34. The van der Waals surface area contributed by atoms with Gasteiger partial charge in [0.15, 0.2) is 15.5 Å². The number of amides is 1. The molecule has 29 heavy (non-hydrogen) atoms. The maximum absolute atomic E-state index is 12.9. The van der Waals surface area contributed by atoms with E-state index in [0.29, 0.717) is 24.5 Å². The molecule has 1 aromatic carbocycles. The predicted molar refractivity (Wildman–Crippen MR) is 113 cm³/mol. The molecule has 3 heterocycles. The summed E-state index contributed by atoms with van der Waals surface area (Å²) in [4.78, 5) is 13.8. The molecule has 0 radical (unpaired) electrons. The van der Waals surface area contributed by atoms with Gasteiger partial charge in [-0.15, -0.1) is 11.3 Å². The molecule has 152 valence electrons. The Labute approximate surface area is 173 Å². The maximum Gasteiger partial charge on any atom is 0.276 e. The maximum atomic E-state index is 12.9. The number of aromatic nitrogens is 2.